The summed E-state index contributed by atoms with van der Waals surface area (Å²) in [6.45, 7) is 0. The van der Waals surface area contributed by atoms with Crippen LogP contribution in [0.3, 0.4) is 0 Å². The van der Waals surface area contributed by atoms with Crippen LogP contribution in [0, 0.1) is 0 Å². The predicted octanol–water partition coefficient (Wildman–Crippen LogP) is 3.52. The van der Waals surface area contributed by atoms with Crippen LogP contribution in [0.1, 0.15) is 0 Å². The van der Waals surface area contributed by atoms with Gasteiger partial charge < -0.3 is 5.11 Å². The van der Waals surface area contributed by atoms with E-state index in [1.807, 2.05) is 6.20 Å². The minimum atomic E-state index is 0.141. The molecule has 1 aromatic carbocycles. The lowest BCUT2D eigenvalue weighted by molar-refractivity contribution is 0.477. The summed E-state index contributed by atoms with van der Waals surface area (Å²) in [7, 11) is 0. The van der Waals surface area contributed by atoms with Crippen LogP contribution in [0.5, 0.6) is 5.75 Å². The summed E-state index contributed by atoms with van der Waals surface area (Å²) in [6, 6.07) is 4.85. The van der Waals surface area contributed by atoms with Crippen molar-refractivity contribution in [2.75, 3.05) is 0 Å². The van der Waals surface area contributed by atoms with Gasteiger partial charge in [0.15, 0.2) is 0 Å². The van der Waals surface area contributed by atoms with E-state index in [-0.39, 0.29) is 5.75 Å². The van der Waals surface area contributed by atoms with Crippen molar-refractivity contribution in [3.05, 3.63) is 46.3 Å². The van der Waals surface area contributed by atoms with E-state index in [1.54, 1.807) is 35.0 Å². The van der Waals surface area contributed by atoms with Gasteiger partial charge in [0.25, 0.3) is 0 Å². The minimum absolute atomic E-state index is 0.141. The lowest BCUT2D eigenvalue weighted by Gasteiger charge is -2.00. The zero-order valence-corrected chi connectivity index (χ0v) is 11.4. The Labute approximate surface area is 116 Å². The van der Waals surface area contributed by atoms with E-state index in [0.717, 1.165) is 4.47 Å². The van der Waals surface area contributed by atoms with Gasteiger partial charge in [0.2, 0.25) is 5.78 Å². The van der Waals surface area contributed by atoms with Crippen LogP contribution >= 0.6 is 27.5 Å². The standard InChI is InChI=1S/C12H7BrClN3O/c13-7-4-15-12-16-10(6-17(12)5-7)9-3-8(14)1-2-11(9)18/h1-6,18H. The molecule has 0 saturated heterocycles. The highest BCUT2D eigenvalue weighted by Crippen LogP contribution is 2.31. The maximum Gasteiger partial charge on any atom is 0.234 e. The summed E-state index contributed by atoms with van der Waals surface area (Å²) in [5.41, 5.74) is 1.21. The third-order valence-electron chi connectivity index (χ3n) is 2.51. The number of fused-ring (bicyclic) bond motifs is 1. The van der Waals surface area contributed by atoms with E-state index in [1.165, 1.54) is 0 Å². The largest absolute Gasteiger partial charge is 0.507 e. The molecule has 6 heteroatoms. The monoisotopic (exact) mass is 323 g/mol. The molecule has 0 radical (unpaired) electrons. The predicted molar refractivity (Wildman–Crippen MR) is 72.8 cm³/mol. The number of benzene rings is 1. The van der Waals surface area contributed by atoms with Crippen LogP contribution in [0.25, 0.3) is 17.0 Å². The molecule has 0 aliphatic heterocycles. The molecule has 0 saturated carbocycles. The van der Waals surface area contributed by atoms with E-state index >= 15 is 0 Å². The SMILES string of the molecule is Oc1ccc(Cl)cc1-c1cn2cc(Br)cnc2n1. The van der Waals surface area contributed by atoms with Crippen molar-refractivity contribution in [1.29, 1.82) is 0 Å². The Balaban J connectivity index is 2.22. The second kappa shape index (κ2) is 4.26. The number of aromatic nitrogens is 3. The molecular formula is C12H7BrClN3O. The summed E-state index contributed by atoms with van der Waals surface area (Å²) in [5.74, 6) is 0.703. The van der Waals surface area contributed by atoms with Gasteiger partial charge in [-0.05, 0) is 34.1 Å². The molecule has 3 aromatic rings. The molecule has 0 spiro atoms. The van der Waals surface area contributed by atoms with Crippen molar-refractivity contribution in [3.63, 3.8) is 0 Å². The number of rotatable bonds is 1. The molecule has 18 heavy (non-hydrogen) atoms. The Kier molecular flexibility index (Phi) is 2.72. The van der Waals surface area contributed by atoms with Crippen LogP contribution in [0.2, 0.25) is 5.02 Å². The molecule has 0 unspecified atom stereocenters. The first kappa shape index (κ1) is 11.5. The van der Waals surface area contributed by atoms with Crippen molar-refractivity contribution in [3.8, 4) is 17.0 Å². The molecule has 3 rings (SSSR count). The minimum Gasteiger partial charge on any atom is -0.507 e. The number of aromatic hydroxyl groups is 1. The second-order valence-electron chi connectivity index (χ2n) is 3.77. The third-order valence-corrected chi connectivity index (χ3v) is 3.16. The van der Waals surface area contributed by atoms with Crippen LogP contribution < -0.4 is 0 Å². The number of nitrogens with zero attached hydrogens (tertiary/aromatic N) is 3. The topological polar surface area (TPSA) is 50.4 Å². The molecule has 0 amide bonds. The van der Waals surface area contributed by atoms with Crippen molar-refractivity contribution in [1.82, 2.24) is 14.4 Å². The lowest BCUT2D eigenvalue weighted by Crippen LogP contribution is -1.85. The zero-order valence-electron chi connectivity index (χ0n) is 9.01. The van der Waals surface area contributed by atoms with Crippen molar-refractivity contribution in [2.45, 2.75) is 0 Å². The first-order valence-electron chi connectivity index (χ1n) is 5.12. The van der Waals surface area contributed by atoms with E-state index < -0.39 is 0 Å². The first-order chi connectivity index (χ1) is 8.63. The number of hydrogen-bond donors (Lipinski definition) is 1. The van der Waals surface area contributed by atoms with E-state index in [4.69, 9.17) is 11.6 Å². The summed E-state index contributed by atoms with van der Waals surface area (Å²) in [4.78, 5) is 8.51. The maximum absolute atomic E-state index is 9.83. The molecule has 0 bridgehead atoms. The molecule has 0 fully saturated rings. The van der Waals surface area contributed by atoms with Gasteiger partial charge in [0.1, 0.15) is 5.75 Å². The molecule has 0 aliphatic rings. The van der Waals surface area contributed by atoms with Gasteiger partial charge in [-0.25, -0.2) is 9.97 Å². The summed E-state index contributed by atoms with van der Waals surface area (Å²) in [6.07, 6.45) is 5.31. The first-order valence-corrected chi connectivity index (χ1v) is 6.30. The zero-order chi connectivity index (χ0) is 12.7. The molecule has 0 atom stereocenters. The Morgan fingerprint density at radius 1 is 1.28 bits per heavy atom. The number of halogens is 2. The van der Waals surface area contributed by atoms with Crippen LogP contribution in [0.15, 0.2) is 41.3 Å². The Bertz CT molecular complexity index is 741. The van der Waals surface area contributed by atoms with Gasteiger partial charge in [0.05, 0.1) is 10.2 Å². The summed E-state index contributed by atoms with van der Waals surface area (Å²) < 4.78 is 2.63. The smallest absolute Gasteiger partial charge is 0.234 e. The third kappa shape index (κ3) is 1.95. The van der Waals surface area contributed by atoms with Gasteiger partial charge in [0, 0.05) is 29.2 Å². The van der Waals surface area contributed by atoms with E-state index in [0.29, 0.717) is 22.1 Å². The van der Waals surface area contributed by atoms with Gasteiger partial charge >= 0.3 is 0 Å². The number of hydrogen-bond acceptors (Lipinski definition) is 3. The fourth-order valence-electron chi connectivity index (χ4n) is 1.70. The Hall–Kier alpha value is -1.59. The highest BCUT2D eigenvalue weighted by atomic mass is 79.9. The highest BCUT2D eigenvalue weighted by Gasteiger charge is 2.10. The number of phenols is 1. The molecule has 2 heterocycles. The fourth-order valence-corrected chi connectivity index (χ4v) is 2.20. The average Bonchev–Trinajstić information content (AvgIpc) is 2.74. The van der Waals surface area contributed by atoms with Crippen molar-refractivity contribution < 1.29 is 5.11 Å². The van der Waals surface area contributed by atoms with Gasteiger partial charge in [-0.2, -0.15) is 0 Å². The van der Waals surface area contributed by atoms with Gasteiger partial charge in [-0.3, -0.25) is 4.40 Å². The average molecular weight is 325 g/mol. The van der Waals surface area contributed by atoms with Crippen LogP contribution in [-0.4, -0.2) is 19.5 Å². The maximum atomic E-state index is 9.83. The van der Waals surface area contributed by atoms with Gasteiger partial charge in [-0.1, -0.05) is 11.6 Å². The van der Waals surface area contributed by atoms with Crippen molar-refractivity contribution in [2.24, 2.45) is 0 Å². The highest BCUT2D eigenvalue weighted by molar-refractivity contribution is 9.10. The molecule has 1 N–H and O–H groups in total. The summed E-state index contributed by atoms with van der Waals surface area (Å²) >= 11 is 9.26. The molecule has 4 nitrogen and oxygen atoms in total. The summed E-state index contributed by atoms with van der Waals surface area (Å²) in [5, 5.41) is 10.4. The number of imidazole rings is 1. The van der Waals surface area contributed by atoms with Gasteiger partial charge in [-0.15, -0.1) is 0 Å². The lowest BCUT2D eigenvalue weighted by atomic mass is 10.1. The van der Waals surface area contributed by atoms with E-state index in [9.17, 15) is 5.11 Å². The molecule has 2 aromatic heterocycles. The van der Waals surface area contributed by atoms with Crippen molar-refractivity contribution >= 4 is 33.3 Å². The van der Waals surface area contributed by atoms with Crippen LogP contribution in [0.4, 0.5) is 0 Å². The molecular weight excluding hydrogens is 318 g/mol. The number of phenolic OH excluding ortho intramolecular Hbond substituents is 1. The fraction of sp³-hybridized carbons (Fsp3) is 0. The molecule has 0 aliphatic carbocycles. The Morgan fingerprint density at radius 3 is 2.94 bits per heavy atom. The quantitative estimate of drug-likeness (QED) is 0.745. The second-order valence-corrected chi connectivity index (χ2v) is 5.12. The normalized spacial score (nSPS) is 11.0. The Morgan fingerprint density at radius 2 is 2.11 bits per heavy atom. The molecule has 90 valence electrons. The van der Waals surface area contributed by atoms with Crippen LogP contribution in [-0.2, 0) is 0 Å². The van der Waals surface area contributed by atoms with E-state index in [2.05, 4.69) is 25.9 Å².